The lowest BCUT2D eigenvalue weighted by Gasteiger charge is -2.31. The molecule has 2 fully saturated rings. The van der Waals surface area contributed by atoms with Crippen molar-refractivity contribution in [1.82, 2.24) is 9.88 Å². The number of carbonyl (C=O) groups is 2. The van der Waals surface area contributed by atoms with Crippen LogP contribution in [0.2, 0.25) is 0 Å². The van der Waals surface area contributed by atoms with Gasteiger partial charge in [-0.15, -0.1) is 0 Å². The Morgan fingerprint density at radius 1 is 1.03 bits per heavy atom. The molecule has 1 aromatic carbocycles. The molecule has 1 atom stereocenters. The largest absolute Gasteiger partial charge is 0.507 e. The highest BCUT2D eigenvalue weighted by Gasteiger charge is 2.49. The molecule has 6 heteroatoms. The number of hydrogen-bond acceptors (Lipinski definition) is 5. The number of rotatable bonds is 4. The van der Waals surface area contributed by atoms with Crippen molar-refractivity contribution in [3.63, 3.8) is 0 Å². The normalized spacial score (nSPS) is 21.7. The fourth-order valence-electron chi connectivity index (χ4n) is 4.36. The van der Waals surface area contributed by atoms with Gasteiger partial charge in [0.25, 0.3) is 11.7 Å². The molecule has 1 saturated heterocycles. The van der Waals surface area contributed by atoms with Gasteiger partial charge in [0, 0.05) is 43.8 Å². The Labute approximate surface area is 170 Å². The highest BCUT2D eigenvalue weighted by molar-refractivity contribution is 6.46. The number of aromatic nitrogens is 1. The molecule has 2 heterocycles. The van der Waals surface area contributed by atoms with Crippen molar-refractivity contribution in [1.29, 1.82) is 0 Å². The molecule has 2 aliphatic rings. The van der Waals surface area contributed by atoms with Crippen LogP contribution in [0.25, 0.3) is 5.76 Å². The van der Waals surface area contributed by atoms with Crippen LogP contribution >= 0.6 is 0 Å². The van der Waals surface area contributed by atoms with Gasteiger partial charge in [-0.3, -0.25) is 14.6 Å². The van der Waals surface area contributed by atoms with Gasteiger partial charge in [-0.2, -0.15) is 0 Å². The Kier molecular flexibility index (Phi) is 5.09. The van der Waals surface area contributed by atoms with E-state index in [2.05, 4.69) is 4.98 Å². The van der Waals surface area contributed by atoms with Gasteiger partial charge < -0.3 is 14.9 Å². The summed E-state index contributed by atoms with van der Waals surface area (Å²) < 4.78 is 0. The van der Waals surface area contributed by atoms with Gasteiger partial charge in [-0.25, -0.2) is 0 Å². The molecule has 0 spiro atoms. The second-order valence-electron chi connectivity index (χ2n) is 7.87. The fraction of sp³-hybridized carbons (Fsp3) is 0.348. The summed E-state index contributed by atoms with van der Waals surface area (Å²) in [5, 5.41) is 11.0. The Morgan fingerprint density at radius 3 is 2.24 bits per heavy atom. The molecule has 1 aromatic heterocycles. The van der Waals surface area contributed by atoms with Crippen LogP contribution in [0.5, 0.6) is 0 Å². The quantitative estimate of drug-likeness (QED) is 0.490. The van der Waals surface area contributed by atoms with E-state index >= 15 is 0 Å². The van der Waals surface area contributed by atoms with Gasteiger partial charge in [-0.05, 0) is 42.7 Å². The standard InChI is InChI=1S/C23H25N3O3/c1-25(2)17-9-7-15(8-10-17)20-19(21(27)16-11-13-24-14-12-16)22(28)23(29)26(20)18-5-3-4-6-18/h7-14,18,20,27H,3-6H2,1-2H3/b21-19-. The summed E-state index contributed by atoms with van der Waals surface area (Å²) in [6.45, 7) is 0. The minimum atomic E-state index is -0.618. The SMILES string of the molecule is CN(C)c1ccc(C2/C(=C(/O)c3ccncc3)C(=O)C(=O)N2C2CCCC2)cc1. The average molecular weight is 391 g/mol. The van der Waals surface area contributed by atoms with Crippen molar-refractivity contribution in [3.05, 3.63) is 65.5 Å². The van der Waals surface area contributed by atoms with Crippen LogP contribution in [-0.4, -0.2) is 46.8 Å². The first kappa shape index (κ1) is 19.2. The number of Topliss-reactive ketones (excluding diaryl/α,β-unsaturated/α-hetero) is 1. The second kappa shape index (κ2) is 7.70. The highest BCUT2D eigenvalue weighted by Crippen LogP contribution is 2.43. The van der Waals surface area contributed by atoms with Gasteiger partial charge in [-0.1, -0.05) is 25.0 Å². The number of aliphatic hydroxyl groups is 1. The average Bonchev–Trinajstić information content (AvgIpc) is 3.35. The van der Waals surface area contributed by atoms with Crippen molar-refractivity contribution >= 4 is 23.1 Å². The van der Waals surface area contributed by atoms with Crippen molar-refractivity contribution in [2.24, 2.45) is 0 Å². The molecular weight excluding hydrogens is 366 g/mol. The molecular formula is C23H25N3O3. The summed E-state index contributed by atoms with van der Waals surface area (Å²) in [6, 6.07) is 10.5. The summed E-state index contributed by atoms with van der Waals surface area (Å²) in [5.74, 6) is -1.28. The first-order chi connectivity index (χ1) is 14.0. The number of benzene rings is 1. The maximum atomic E-state index is 13.0. The Morgan fingerprint density at radius 2 is 1.66 bits per heavy atom. The highest BCUT2D eigenvalue weighted by atomic mass is 16.3. The van der Waals surface area contributed by atoms with E-state index in [1.807, 2.05) is 43.3 Å². The van der Waals surface area contributed by atoms with Gasteiger partial charge in [0.05, 0.1) is 11.6 Å². The minimum absolute atomic E-state index is 0.0210. The van der Waals surface area contributed by atoms with Crippen LogP contribution in [0.3, 0.4) is 0 Å². The monoisotopic (exact) mass is 391 g/mol. The zero-order valence-corrected chi connectivity index (χ0v) is 16.7. The fourth-order valence-corrected chi connectivity index (χ4v) is 4.36. The van der Waals surface area contributed by atoms with E-state index in [-0.39, 0.29) is 17.4 Å². The Balaban J connectivity index is 1.86. The third-order valence-corrected chi connectivity index (χ3v) is 5.88. The molecule has 1 amide bonds. The Hall–Kier alpha value is -3.15. The van der Waals surface area contributed by atoms with Crippen LogP contribution in [0.15, 0.2) is 54.4 Å². The lowest BCUT2D eigenvalue weighted by Crippen LogP contribution is -2.37. The molecule has 6 nitrogen and oxygen atoms in total. The van der Waals surface area contributed by atoms with Gasteiger partial charge in [0.2, 0.25) is 0 Å². The van der Waals surface area contributed by atoms with E-state index in [1.165, 1.54) is 0 Å². The molecule has 1 aliphatic heterocycles. The van der Waals surface area contributed by atoms with E-state index in [4.69, 9.17) is 0 Å². The van der Waals surface area contributed by atoms with Crippen LogP contribution in [0.4, 0.5) is 5.69 Å². The van der Waals surface area contributed by atoms with E-state index in [9.17, 15) is 14.7 Å². The molecule has 4 rings (SSSR count). The van der Waals surface area contributed by atoms with Gasteiger partial charge >= 0.3 is 0 Å². The van der Waals surface area contributed by atoms with E-state index < -0.39 is 17.7 Å². The van der Waals surface area contributed by atoms with Crippen LogP contribution in [0.1, 0.15) is 42.9 Å². The van der Waals surface area contributed by atoms with E-state index in [0.29, 0.717) is 5.56 Å². The van der Waals surface area contributed by atoms with Crippen molar-refractivity contribution in [2.45, 2.75) is 37.8 Å². The van der Waals surface area contributed by atoms with Crippen LogP contribution < -0.4 is 4.90 Å². The minimum Gasteiger partial charge on any atom is -0.507 e. The Bertz CT molecular complexity index is 945. The predicted octanol–water partition coefficient (Wildman–Crippen LogP) is 3.51. The number of anilines is 1. The predicted molar refractivity (Wildman–Crippen MR) is 111 cm³/mol. The number of likely N-dealkylation sites (tertiary alicyclic amines) is 1. The summed E-state index contributed by atoms with van der Waals surface area (Å²) in [4.78, 5) is 33.7. The summed E-state index contributed by atoms with van der Waals surface area (Å²) in [5.41, 5.74) is 2.50. The molecule has 2 aromatic rings. The molecule has 0 radical (unpaired) electrons. The smallest absolute Gasteiger partial charge is 0.295 e. The van der Waals surface area contributed by atoms with Crippen LogP contribution in [0, 0.1) is 0 Å². The lowest BCUT2D eigenvalue weighted by atomic mass is 9.94. The first-order valence-corrected chi connectivity index (χ1v) is 9.97. The summed E-state index contributed by atoms with van der Waals surface area (Å²) >= 11 is 0. The number of ketones is 1. The number of aliphatic hydroxyl groups excluding tert-OH is 1. The van der Waals surface area contributed by atoms with Gasteiger partial charge in [0.15, 0.2) is 0 Å². The topological polar surface area (TPSA) is 73.7 Å². The van der Waals surface area contributed by atoms with Crippen molar-refractivity contribution < 1.29 is 14.7 Å². The lowest BCUT2D eigenvalue weighted by molar-refractivity contribution is -0.141. The van der Waals surface area contributed by atoms with Crippen molar-refractivity contribution in [2.75, 3.05) is 19.0 Å². The molecule has 1 N–H and O–H groups in total. The molecule has 1 aliphatic carbocycles. The third kappa shape index (κ3) is 3.39. The maximum Gasteiger partial charge on any atom is 0.295 e. The zero-order valence-electron chi connectivity index (χ0n) is 16.7. The second-order valence-corrected chi connectivity index (χ2v) is 7.87. The number of nitrogens with zero attached hydrogens (tertiary/aromatic N) is 3. The van der Waals surface area contributed by atoms with Crippen LogP contribution in [-0.2, 0) is 9.59 Å². The summed E-state index contributed by atoms with van der Waals surface area (Å²) in [6.07, 6.45) is 6.98. The molecule has 1 saturated carbocycles. The zero-order chi connectivity index (χ0) is 20.5. The molecule has 0 bridgehead atoms. The number of pyridine rings is 1. The first-order valence-electron chi connectivity index (χ1n) is 9.97. The number of carbonyl (C=O) groups excluding carboxylic acids is 2. The third-order valence-electron chi connectivity index (χ3n) is 5.88. The van der Waals surface area contributed by atoms with E-state index in [0.717, 1.165) is 36.9 Å². The number of hydrogen-bond donors (Lipinski definition) is 1. The van der Waals surface area contributed by atoms with Gasteiger partial charge in [0.1, 0.15) is 5.76 Å². The van der Waals surface area contributed by atoms with E-state index in [1.54, 1.807) is 29.4 Å². The summed E-state index contributed by atoms with van der Waals surface area (Å²) in [7, 11) is 3.92. The number of amides is 1. The maximum absolute atomic E-state index is 13.0. The molecule has 29 heavy (non-hydrogen) atoms. The van der Waals surface area contributed by atoms with Crippen molar-refractivity contribution in [3.8, 4) is 0 Å². The molecule has 1 unspecified atom stereocenters. The molecule has 150 valence electrons.